The second-order valence-corrected chi connectivity index (χ2v) is 8.33. The Morgan fingerprint density at radius 1 is 1.35 bits per heavy atom. The molecule has 1 fully saturated rings. The fourth-order valence-electron chi connectivity index (χ4n) is 3.43. The molecule has 1 saturated heterocycles. The van der Waals surface area contributed by atoms with Crippen LogP contribution in [0.1, 0.15) is 28.8 Å². The molecule has 1 unspecified atom stereocenters. The van der Waals surface area contributed by atoms with Crippen molar-refractivity contribution in [2.75, 3.05) is 36.7 Å². The van der Waals surface area contributed by atoms with E-state index in [-0.39, 0.29) is 5.91 Å². The van der Waals surface area contributed by atoms with E-state index in [2.05, 4.69) is 0 Å². The molecule has 0 aromatic heterocycles. The van der Waals surface area contributed by atoms with Crippen molar-refractivity contribution in [3.05, 3.63) is 29.3 Å². The highest BCUT2D eigenvalue weighted by Gasteiger charge is 2.28. The number of nitrogens with two attached hydrogens (primary N) is 1. The Morgan fingerprint density at radius 2 is 2.13 bits per heavy atom. The molecule has 2 N–H and O–H groups in total. The Hall–Kier alpha value is -1.60. The summed E-state index contributed by atoms with van der Waals surface area (Å²) in [7, 11) is -3.27. The van der Waals surface area contributed by atoms with Gasteiger partial charge in [0.05, 0.1) is 11.9 Å². The van der Waals surface area contributed by atoms with Gasteiger partial charge in [-0.2, -0.15) is 0 Å². The normalized spacial score (nSPS) is 21.4. The third kappa shape index (κ3) is 3.21. The lowest BCUT2D eigenvalue weighted by Crippen LogP contribution is -2.35. The van der Waals surface area contributed by atoms with Crippen LogP contribution in [-0.2, 0) is 16.4 Å². The van der Waals surface area contributed by atoms with E-state index in [1.54, 1.807) is 12.1 Å². The molecule has 2 aliphatic heterocycles. The van der Waals surface area contributed by atoms with Gasteiger partial charge in [0.15, 0.2) is 0 Å². The third-order valence-corrected chi connectivity index (χ3v) is 5.89. The number of aryl methyl sites for hydroxylation is 1. The van der Waals surface area contributed by atoms with Crippen molar-refractivity contribution in [3.8, 4) is 0 Å². The second-order valence-electron chi connectivity index (χ2n) is 6.42. The Morgan fingerprint density at radius 3 is 2.78 bits per heavy atom. The number of sulfonamides is 1. The van der Waals surface area contributed by atoms with Crippen LogP contribution in [0.4, 0.5) is 5.69 Å². The number of fused-ring (bicyclic) bond motifs is 1. The number of amides is 1. The summed E-state index contributed by atoms with van der Waals surface area (Å²) in [6, 6.07) is 5.35. The minimum absolute atomic E-state index is 0.0141. The number of benzene rings is 1. The van der Waals surface area contributed by atoms with Crippen LogP contribution in [0.15, 0.2) is 18.2 Å². The van der Waals surface area contributed by atoms with Crippen molar-refractivity contribution in [2.45, 2.75) is 19.3 Å². The average molecular weight is 337 g/mol. The molecule has 23 heavy (non-hydrogen) atoms. The zero-order chi connectivity index (χ0) is 16.6. The standard InChI is InChI=1S/C16H23N3O3S/c1-23(21,22)19-7-2-3-13-9-14(4-5-15(13)19)16(20)18-8-6-12(10-17)11-18/h4-5,9,12H,2-3,6-8,10-11,17H2,1H3. The predicted molar refractivity (Wildman–Crippen MR) is 90.0 cm³/mol. The van der Waals surface area contributed by atoms with Gasteiger partial charge in [-0.05, 0) is 55.5 Å². The van der Waals surface area contributed by atoms with Gasteiger partial charge in [-0.1, -0.05) is 0 Å². The van der Waals surface area contributed by atoms with Crippen LogP contribution in [0.5, 0.6) is 0 Å². The molecule has 0 saturated carbocycles. The summed E-state index contributed by atoms with van der Waals surface area (Å²) >= 11 is 0. The molecule has 0 radical (unpaired) electrons. The molecule has 1 aromatic carbocycles. The molecule has 0 aliphatic carbocycles. The second kappa shape index (κ2) is 6.13. The minimum Gasteiger partial charge on any atom is -0.338 e. The van der Waals surface area contributed by atoms with Crippen LogP contribution in [-0.4, -0.2) is 51.7 Å². The fraction of sp³-hybridized carbons (Fsp3) is 0.562. The number of carbonyl (C=O) groups excluding carboxylic acids is 1. The van der Waals surface area contributed by atoms with Gasteiger partial charge in [0, 0.05) is 25.2 Å². The first-order chi connectivity index (χ1) is 10.9. The minimum atomic E-state index is -3.27. The van der Waals surface area contributed by atoms with Gasteiger partial charge in [0.2, 0.25) is 10.0 Å². The summed E-state index contributed by atoms with van der Waals surface area (Å²) in [5.74, 6) is 0.400. The Kier molecular flexibility index (Phi) is 4.33. The molecule has 1 atom stereocenters. The first-order valence-corrected chi connectivity index (χ1v) is 9.85. The van der Waals surface area contributed by atoms with Gasteiger partial charge in [0.25, 0.3) is 5.91 Å². The number of carbonyl (C=O) groups is 1. The third-order valence-electron chi connectivity index (χ3n) is 4.71. The first kappa shape index (κ1) is 16.3. The molecule has 7 heteroatoms. The maximum atomic E-state index is 12.6. The lowest BCUT2D eigenvalue weighted by Gasteiger charge is -2.29. The van der Waals surface area contributed by atoms with Crippen LogP contribution in [0, 0.1) is 5.92 Å². The van der Waals surface area contributed by atoms with Gasteiger partial charge < -0.3 is 10.6 Å². The molecule has 2 aliphatic rings. The molecule has 1 amide bonds. The topological polar surface area (TPSA) is 83.7 Å². The quantitative estimate of drug-likeness (QED) is 0.885. The van der Waals surface area contributed by atoms with Crippen molar-refractivity contribution < 1.29 is 13.2 Å². The predicted octanol–water partition coefficient (Wildman–Crippen LogP) is 0.820. The monoisotopic (exact) mass is 337 g/mol. The van der Waals surface area contributed by atoms with E-state index < -0.39 is 10.0 Å². The van der Waals surface area contributed by atoms with Crippen LogP contribution in [0.25, 0.3) is 0 Å². The highest BCUT2D eigenvalue weighted by atomic mass is 32.2. The number of nitrogens with zero attached hydrogens (tertiary/aromatic N) is 2. The molecular formula is C16H23N3O3S. The van der Waals surface area contributed by atoms with E-state index in [0.717, 1.165) is 31.4 Å². The van der Waals surface area contributed by atoms with E-state index in [1.165, 1.54) is 10.6 Å². The van der Waals surface area contributed by atoms with E-state index in [0.29, 0.717) is 36.8 Å². The fourth-order valence-corrected chi connectivity index (χ4v) is 4.43. The lowest BCUT2D eigenvalue weighted by atomic mass is 10.0. The van der Waals surface area contributed by atoms with Crippen molar-refractivity contribution in [1.29, 1.82) is 0 Å². The molecule has 0 spiro atoms. The lowest BCUT2D eigenvalue weighted by molar-refractivity contribution is 0.0787. The first-order valence-electron chi connectivity index (χ1n) is 8.00. The maximum Gasteiger partial charge on any atom is 0.253 e. The number of rotatable bonds is 3. The largest absolute Gasteiger partial charge is 0.338 e. The maximum absolute atomic E-state index is 12.6. The van der Waals surface area contributed by atoms with E-state index in [9.17, 15) is 13.2 Å². The van der Waals surface area contributed by atoms with E-state index in [1.807, 2.05) is 11.0 Å². The molecule has 0 bridgehead atoms. The molecule has 2 heterocycles. The smallest absolute Gasteiger partial charge is 0.253 e. The summed E-state index contributed by atoms with van der Waals surface area (Å²) < 4.78 is 25.2. The van der Waals surface area contributed by atoms with Crippen molar-refractivity contribution in [1.82, 2.24) is 4.90 Å². The average Bonchev–Trinajstić information content (AvgIpc) is 3.01. The summed E-state index contributed by atoms with van der Waals surface area (Å²) in [6.45, 7) is 2.57. The summed E-state index contributed by atoms with van der Waals surface area (Å²) in [5.41, 5.74) is 7.96. The van der Waals surface area contributed by atoms with Crippen molar-refractivity contribution >= 4 is 21.6 Å². The van der Waals surface area contributed by atoms with Crippen LogP contribution in [0.2, 0.25) is 0 Å². The van der Waals surface area contributed by atoms with E-state index >= 15 is 0 Å². The Balaban J connectivity index is 1.85. The number of likely N-dealkylation sites (tertiary alicyclic amines) is 1. The molecule has 6 nitrogen and oxygen atoms in total. The number of hydrogen-bond donors (Lipinski definition) is 1. The molecule has 1 aromatic rings. The SMILES string of the molecule is CS(=O)(=O)N1CCCc2cc(C(=O)N3CCC(CN)C3)ccc21. The molecule has 126 valence electrons. The summed E-state index contributed by atoms with van der Waals surface area (Å²) in [6.07, 6.45) is 3.75. The van der Waals surface area contributed by atoms with E-state index in [4.69, 9.17) is 5.73 Å². The highest BCUT2D eigenvalue weighted by Crippen LogP contribution is 2.30. The van der Waals surface area contributed by atoms with Gasteiger partial charge in [-0.25, -0.2) is 8.42 Å². The van der Waals surface area contributed by atoms with Crippen LogP contribution in [0.3, 0.4) is 0 Å². The number of anilines is 1. The van der Waals surface area contributed by atoms with Crippen molar-refractivity contribution in [3.63, 3.8) is 0 Å². The molecule has 3 rings (SSSR count). The van der Waals surface area contributed by atoms with Crippen LogP contribution >= 0.6 is 0 Å². The zero-order valence-electron chi connectivity index (χ0n) is 13.4. The highest BCUT2D eigenvalue weighted by molar-refractivity contribution is 7.92. The van der Waals surface area contributed by atoms with Gasteiger partial charge >= 0.3 is 0 Å². The summed E-state index contributed by atoms with van der Waals surface area (Å²) in [5, 5.41) is 0. The van der Waals surface area contributed by atoms with Crippen molar-refractivity contribution in [2.24, 2.45) is 11.7 Å². The van der Waals surface area contributed by atoms with Gasteiger partial charge in [-0.3, -0.25) is 9.10 Å². The molecular weight excluding hydrogens is 314 g/mol. The number of hydrogen-bond acceptors (Lipinski definition) is 4. The Labute approximate surface area is 137 Å². The van der Waals surface area contributed by atoms with Crippen LogP contribution < -0.4 is 10.0 Å². The van der Waals surface area contributed by atoms with Gasteiger partial charge in [0.1, 0.15) is 0 Å². The zero-order valence-corrected chi connectivity index (χ0v) is 14.2. The van der Waals surface area contributed by atoms with Gasteiger partial charge in [-0.15, -0.1) is 0 Å². The Bertz CT molecular complexity index is 717. The summed E-state index contributed by atoms with van der Waals surface area (Å²) in [4.78, 5) is 14.5.